The Morgan fingerprint density at radius 2 is 1.56 bits per heavy atom. The van der Waals surface area contributed by atoms with Crippen molar-refractivity contribution in [1.29, 1.82) is 0 Å². The van der Waals surface area contributed by atoms with Gasteiger partial charge in [0.15, 0.2) is 0 Å². The molecule has 0 saturated carbocycles. The molecule has 0 fully saturated rings. The van der Waals surface area contributed by atoms with Crippen molar-refractivity contribution in [2.45, 2.75) is 0 Å². The summed E-state index contributed by atoms with van der Waals surface area (Å²) in [6, 6.07) is 22.6. The molecule has 3 nitrogen and oxygen atoms in total. The second-order valence-electron chi connectivity index (χ2n) is 5.72. The minimum atomic E-state index is 0.229. The number of fused-ring (bicyclic) bond motifs is 1. The summed E-state index contributed by atoms with van der Waals surface area (Å²) in [5.41, 5.74) is 5.27. The summed E-state index contributed by atoms with van der Waals surface area (Å²) in [7, 11) is 0. The quantitative estimate of drug-likeness (QED) is 0.631. The van der Waals surface area contributed by atoms with Crippen LogP contribution in [0.15, 0.2) is 83.9 Å². The van der Waals surface area contributed by atoms with Gasteiger partial charge in [-0.1, -0.05) is 41.9 Å². The molecule has 0 unspecified atom stereocenters. The number of anilines is 1. The molecule has 0 bridgehead atoms. The maximum atomic E-state index is 9.55. The van der Waals surface area contributed by atoms with Crippen LogP contribution in [0.5, 0.6) is 5.75 Å². The summed E-state index contributed by atoms with van der Waals surface area (Å²) in [6.45, 7) is 0. The highest BCUT2D eigenvalue weighted by atomic mass is 35.5. The number of hydrogen-bond acceptors (Lipinski definition) is 3. The molecule has 1 aliphatic heterocycles. The smallest absolute Gasteiger partial charge is 0.115 e. The van der Waals surface area contributed by atoms with Gasteiger partial charge in [-0.3, -0.25) is 0 Å². The molecule has 4 heteroatoms. The number of allylic oxidation sites excluding steroid dienone is 1. The van der Waals surface area contributed by atoms with Gasteiger partial charge in [0.1, 0.15) is 5.75 Å². The molecule has 122 valence electrons. The first-order valence-corrected chi connectivity index (χ1v) is 8.29. The highest BCUT2D eigenvalue weighted by Crippen LogP contribution is 2.34. The Balaban J connectivity index is 1.90. The van der Waals surface area contributed by atoms with E-state index in [1.165, 1.54) is 0 Å². The number of rotatable bonds is 2. The van der Waals surface area contributed by atoms with E-state index in [0.717, 1.165) is 33.9 Å². The first-order valence-electron chi connectivity index (χ1n) is 7.91. The number of para-hydroxylation sites is 2. The molecule has 1 aliphatic rings. The van der Waals surface area contributed by atoms with Gasteiger partial charge in [-0.05, 0) is 48.5 Å². The van der Waals surface area contributed by atoms with E-state index in [1.807, 2.05) is 66.7 Å². The lowest BCUT2D eigenvalue weighted by Crippen LogP contribution is -2.02. The summed E-state index contributed by atoms with van der Waals surface area (Å²) in [5, 5.41) is 13.7. The lowest BCUT2D eigenvalue weighted by molar-refractivity contribution is 0.475. The maximum Gasteiger partial charge on any atom is 0.115 e. The van der Waals surface area contributed by atoms with Crippen LogP contribution in [0.4, 0.5) is 11.4 Å². The fraction of sp³-hybridized carbons (Fsp3) is 0. The van der Waals surface area contributed by atoms with Crippen molar-refractivity contribution in [3.8, 4) is 5.75 Å². The standard InChI is InChI=1S/C21H15ClN2O/c22-17-6-2-1-5-16(17)21-13-20(14-9-11-15(25)12-10-14)23-18-7-3-4-8-19(18)24-21/h1-13,24-25H. The number of phenols is 1. The molecular weight excluding hydrogens is 332 g/mol. The van der Waals surface area contributed by atoms with Crippen molar-refractivity contribution in [3.05, 3.63) is 95.0 Å². The minimum absolute atomic E-state index is 0.229. The topological polar surface area (TPSA) is 44.6 Å². The Morgan fingerprint density at radius 1 is 0.840 bits per heavy atom. The Kier molecular flexibility index (Phi) is 4.00. The molecule has 4 rings (SSSR count). The van der Waals surface area contributed by atoms with Crippen LogP contribution in [0.3, 0.4) is 0 Å². The lowest BCUT2D eigenvalue weighted by atomic mass is 10.1. The van der Waals surface area contributed by atoms with Gasteiger partial charge in [-0.2, -0.15) is 0 Å². The largest absolute Gasteiger partial charge is 0.508 e. The van der Waals surface area contributed by atoms with Crippen molar-refractivity contribution in [2.75, 3.05) is 5.32 Å². The third-order valence-electron chi connectivity index (χ3n) is 4.02. The predicted molar refractivity (Wildman–Crippen MR) is 104 cm³/mol. The summed E-state index contributed by atoms with van der Waals surface area (Å²) in [6.07, 6.45) is 1.98. The average Bonchev–Trinajstić information content (AvgIpc) is 2.82. The number of nitrogens with zero attached hydrogens (tertiary/aromatic N) is 1. The van der Waals surface area contributed by atoms with E-state index in [2.05, 4.69) is 5.32 Å². The van der Waals surface area contributed by atoms with E-state index >= 15 is 0 Å². The van der Waals surface area contributed by atoms with Gasteiger partial charge in [0, 0.05) is 21.8 Å². The van der Waals surface area contributed by atoms with Gasteiger partial charge in [0.05, 0.1) is 17.1 Å². The molecule has 0 spiro atoms. The summed E-state index contributed by atoms with van der Waals surface area (Å²) >= 11 is 6.40. The molecule has 0 radical (unpaired) electrons. The first kappa shape index (κ1) is 15.5. The van der Waals surface area contributed by atoms with Crippen molar-refractivity contribution in [2.24, 2.45) is 4.99 Å². The molecule has 0 saturated heterocycles. The Labute approximate surface area is 150 Å². The monoisotopic (exact) mass is 346 g/mol. The zero-order valence-electron chi connectivity index (χ0n) is 13.3. The third-order valence-corrected chi connectivity index (χ3v) is 4.35. The number of hydrogen-bond donors (Lipinski definition) is 2. The van der Waals surface area contributed by atoms with Crippen molar-refractivity contribution < 1.29 is 5.11 Å². The number of nitrogens with one attached hydrogen (secondary N) is 1. The minimum Gasteiger partial charge on any atom is -0.508 e. The van der Waals surface area contributed by atoms with Crippen molar-refractivity contribution in [1.82, 2.24) is 0 Å². The van der Waals surface area contributed by atoms with Crippen LogP contribution in [0.2, 0.25) is 5.02 Å². The second kappa shape index (κ2) is 6.46. The lowest BCUT2D eigenvalue weighted by Gasteiger charge is -2.12. The van der Waals surface area contributed by atoms with Crippen LogP contribution in [0.25, 0.3) is 5.70 Å². The zero-order chi connectivity index (χ0) is 17.2. The highest BCUT2D eigenvalue weighted by Gasteiger charge is 2.15. The van der Waals surface area contributed by atoms with E-state index in [9.17, 15) is 5.11 Å². The number of benzene rings is 3. The first-order chi connectivity index (χ1) is 12.2. The fourth-order valence-corrected chi connectivity index (χ4v) is 3.00. The average molecular weight is 347 g/mol. The molecule has 3 aromatic rings. The number of halogens is 1. The number of aromatic hydroxyl groups is 1. The molecule has 0 aliphatic carbocycles. The van der Waals surface area contributed by atoms with E-state index < -0.39 is 0 Å². The Hall–Kier alpha value is -3.04. The van der Waals surface area contributed by atoms with Crippen molar-refractivity contribution >= 4 is 34.4 Å². The van der Waals surface area contributed by atoms with Crippen LogP contribution in [0.1, 0.15) is 11.1 Å². The zero-order valence-corrected chi connectivity index (χ0v) is 14.0. The second-order valence-corrected chi connectivity index (χ2v) is 6.13. The van der Waals surface area contributed by atoms with Crippen LogP contribution in [-0.4, -0.2) is 10.8 Å². The van der Waals surface area contributed by atoms with Gasteiger partial charge in [-0.25, -0.2) is 4.99 Å². The molecule has 0 atom stereocenters. The molecule has 0 aromatic heterocycles. The van der Waals surface area contributed by atoms with E-state index in [-0.39, 0.29) is 5.75 Å². The van der Waals surface area contributed by atoms with Crippen LogP contribution in [-0.2, 0) is 0 Å². The molecule has 1 heterocycles. The van der Waals surface area contributed by atoms with Gasteiger partial charge < -0.3 is 10.4 Å². The fourth-order valence-electron chi connectivity index (χ4n) is 2.76. The van der Waals surface area contributed by atoms with Gasteiger partial charge in [0.25, 0.3) is 0 Å². The van der Waals surface area contributed by atoms with Crippen LogP contribution in [0, 0.1) is 0 Å². The van der Waals surface area contributed by atoms with Gasteiger partial charge in [0.2, 0.25) is 0 Å². The molecule has 0 amide bonds. The number of aliphatic imine (C=N–C) groups is 1. The predicted octanol–water partition coefficient (Wildman–Crippen LogP) is 5.63. The maximum absolute atomic E-state index is 9.55. The molecular formula is C21H15ClN2O. The van der Waals surface area contributed by atoms with Crippen LogP contribution < -0.4 is 5.32 Å². The van der Waals surface area contributed by atoms with Gasteiger partial charge in [-0.15, -0.1) is 0 Å². The van der Waals surface area contributed by atoms with E-state index in [4.69, 9.17) is 16.6 Å². The summed E-state index contributed by atoms with van der Waals surface area (Å²) in [4.78, 5) is 4.80. The summed E-state index contributed by atoms with van der Waals surface area (Å²) < 4.78 is 0. The van der Waals surface area contributed by atoms with Crippen molar-refractivity contribution in [3.63, 3.8) is 0 Å². The molecule has 25 heavy (non-hydrogen) atoms. The SMILES string of the molecule is Oc1ccc(C2=Nc3ccccc3NC(c3ccccc3Cl)=C2)cc1. The highest BCUT2D eigenvalue weighted by molar-refractivity contribution is 6.33. The Morgan fingerprint density at radius 3 is 2.36 bits per heavy atom. The number of phenolic OH excluding ortho intramolecular Hbond substituents is 1. The van der Waals surface area contributed by atoms with Crippen LogP contribution >= 0.6 is 11.6 Å². The van der Waals surface area contributed by atoms with Gasteiger partial charge >= 0.3 is 0 Å². The molecule has 3 aromatic carbocycles. The van der Waals surface area contributed by atoms with E-state index in [0.29, 0.717) is 5.02 Å². The third kappa shape index (κ3) is 3.14. The Bertz CT molecular complexity index is 991. The normalized spacial score (nSPS) is 13.2. The molecule has 2 N–H and O–H groups in total. The van der Waals surface area contributed by atoms with E-state index in [1.54, 1.807) is 12.1 Å². The summed E-state index contributed by atoms with van der Waals surface area (Å²) in [5.74, 6) is 0.229.